The van der Waals surface area contributed by atoms with Crippen LogP contribution in [0.15, 0.2) is 48.5 Å². The Kier molecular flexibility index (Phi) is 8.83. The van der Waals surface area contributed by atoms with Gasteiger partial charge in [0.1, 0.15) is 0 Å². The maximum absolute atomic E-state index is 13.1. The van der Waals surface area contributed by atoms with Gasteiger partial charge in [0.15, 0.2) is 5.78 Å². The van der Waals surface area contributed by atoms with Gasteiger partial charge in [0.2, 0.25) is 0 Å². The van der Waals surface area contributed by atoms with Crippen LogP contribution < -0.4 is 5.73 Å². The van der Waals surface area contributed by atoms with Crippen LogP contribution in [-0.2, 0) is 4.74 Å². The summed E-state index contributed by atoms with van der Waals surface area (Å²) < 4.78 is 5.81. The molecule has 1 aliphatic heterocycles. The molecule has 0 bridgehead atoms. The molecule has 0 saturated carbocycles. The van der Waals surface area contributed by atoms with E-state index in [-0.39, 0.29) is 30.2 Å². The zero-order valence-electron chi connectivity index (χ0n) is 16.8. The third kappa shape index (κ3) is 5.89. The first-order chi connectivity index (χ1) is 13.6. The number of nitrogens with zero attached hydrogens (tertiary/aromatic N) is 1. The van der Waals surface area contributed by atoms with Crippen LogP contribution in [0, 0.1) is 6.92 Å². The monoisotopic (exact) mass is 416 g/mol. The van der Waals surface area contributed by atoms with E-state index in [0.29, 0.717) is 42.9 Å². The second-order valence-corrected chi connectivity index (χ2v) is 7.25. The number of benzene rings is 2. The minimum Gasteiger partial charge on any atom is -0.378 e. The quantitative estimate of drug-likeness (QED) is 0.552. The van der Waals surface area contributed by atoms with E-state index < -0.39 is 0 Å². The molecular formula is C23H29ClN2O3. The number of carbonyl (C=O) groups excluding carboxylic acids is 2. The van der Waals surface area contributed by atoms with Crippen LogP contribution in [0.4, 0.5) is 0 Å². The molecule has 29 heavy (non-hydrogen) atoms. The standard InChI is InChI=1S/C23H28N2O3.ClH/c1-17-7-9-18(10-8-17)22(26)20-5-2-3-6-21(20)23(27)25-14-11-19(12-15-25)28-16-4-13-24;/h2-3,5-10,19H,4,11-16,24H2,1H3;1H. The van der Waals surface area contributed by atoms with Crippen molar-refractivity contribution in [1.82, 2.24) is 4.90 Å². The van der Waals surface area contributed by atoms with Crippen molar-refractivity contribution in [3.63, 3.8) is 0 Å². The molecule has 3 rings (SSSR count). The Morgan fingerprint density at radius 2 is 1.66 bits per heavy atom. The van der Waals surface area contributed by atoms with Gasteiger partial charge in [-0.15, -0.1) is 12.4 Å². The Morgan fingerprint density at radius 3 is 2.28 bits per heavy atom. The SMILES string of the molecule is Cc1ccc(C(=O)c2ccccc2C(=O)N2CCC(OCCCN)CC2)cc1.Cl. The van der Waals surface area contributed by atoms with E-state index in [0.717, 1.165) is 24.8 Å². The molecular weight excluding hydrogens is 388 g/mol. The fraction of sp³-hybridized carbons (Fsp3) is 0.391. The lowest BCUT2D eigenvalue weighted by atomic mass is 9.96. The Morgan fingerprint density at radius 1 is 1.03 bits per heavy atom. The molecule has 0 radical (unpaired) electrons. The van der Waals surface area contributed by atoms with Crippen molar-refractivity contribution in [2.45, 2.75) is 32.3 Å². The summed E-state index contributed by atoms with van der Waals surface area (Å²) >= 11 is 0. The van der Waals surface area contributed by atoms with Gasteiger partial charge in [-0.25, -0.2) is 0 Å². The van der Waals surface area contributed by atoms with Crippen molar-refractivity contribution in [2.24, 2.45) is 5.73 Å². The topological polar surface area (TPSA) is 72.6 Å². The van der Waals surface area contributed by atoms with Gasteiger partial charge < -0.3 is 15.4 Å². The number of nitrogens with two attached hydrogens (primary N) is 1. The third-order valence-corrected chi connectivity index (χ3v) is 5.15. The number of likely N-dealkylation sites (tertiary alicyclic amines) is 1. The first-order valence-electron chi connectivity index (χ1n) is 9.91. The molecule has 0 aliphatic carbocycles. The summed E-state index contributed by atoms with van der Waals surface area (Å²) in [6.07, 6.45) is 2.66. The molecule has 2 aromatic carbocycles. The summed E-state index contributed by atoms with van der Waals surface area (Å²) in [5.41, 5.74) is 8.11. The fourth-order valence-electron chi connectivity index (χ4n) is 3.46. The van der Waals surface area contributed by atoms with Crippen LogP contribution in [0.2, 0.25) is 0 Å². The molecule has 1 heterocycles. The van der Waals surface area contributed by atoms with Gasteiger partial charge in [0.05, 0.1) is 11.7 Å². The van der Waals surface area contributed by atoms with Gasteiger partial charge in [-0.3, -0.25) is 9.59 Å². The van der Waals surface area contributed by atoms with Crippen molar-refractivity contribution in [2.75, 3.05) is 26.2 Å². The van der Waals surface area contributed by atoms with E-state index >= 15 is 0 Å². The number of ether oxygens (including phenoxy) is 1. The molecule has 1 aliphatic rings. The average molecular weight is 417 g/mol. The molecule has 2 N–H and O–H groups in total. The molecule has 156 valence electrons. The highest BCUT2D eigenvalue weighted by Crippen LogP contribution is 2.21. The number of hydrogen-bond donors (Lipinski definition) is 1. The molecule has 0 atom stereocenters. The second-order valence-electron chi connectivity index (χ2n) is 7.25. The predicted molar refractivity (Wildman–Crippen MR) is 117 cm³/mol. The zero-order chi connectivity index (χ0) is 19.9. The highest BCUT2D eigenvalue weighted by molar-refractivity contribution is 6.15. The minimum atomic E-state index is -0.121. The van der Waals surface area contributed by atoms with Gasteiger partial charge in [0, 0.05) is 30.8 Å². The highest BCUT2D eigenvalue weighted by atomic mass is 35.5. The van der Waals surface area contributed by atoms with Crippen LogP contribution >= 0.6 is 12.4 Å². The largest absolute Gasteiger partial charge is 0.378 e. The number of halogens is 1. The predicted octanol–water partition coefficient (Wildman–Crippen LogP) is 3.62. The number of aryl methyl sites for hydroxylation is 1. The normalized spacial score (nSPS) is 14.3. The number of amides is 1. The maximum Gasteiger partial charge on any atom is 0.254 e. The number of hydrogen-bond acceptors (Lipinski definition) is 4. The summed E-state index contributed by atoms with van der Waals surface area (Å²) in [6.45, 7) is 4.56. The number of piperidine rings is 1. The van der Waals surface area contributed by atoms with E-state index in [1.165, 1.54) is 0 Å². The minimum absolute atomic E-state index is 0. The van der Waals surface area contributed by atoms with Crippen molar-refractivity contribution in [1.29, 1.82) is 0 Å². The lowest BCUT2D eigenvalue weighted by Gasteiger charge is -2.32. The zero-order valence-corrected chi connectivity index (χ0v) is 17.6. The smallest absolute Gasteiger partial charge is 0.254 e. The van der Waals surface area contributed by atoms with Crippen molar-refractivity contribution >= 4 is 24.1 Å². The van der Waals surface area contributed by atoms with E-state index in [4.69, 9.17) is 10.5 Å². The van der Waals surface area contributed by atoms with Crippen molar-refractivity contribution in [3.8, 4) is 0 Å². The lowest BCUT2D eigenvalue weighted by molar-refractivity contribution is 0.00840. The molecule has 2 aromatic rings. The van der Waals surface area contributed by atoms with Crippen LogP contribution in [-0.4, -0.2) is 48.9 Å². The van der Waals surface area contributed by atoms with E-state index in [9.17, 15) is 9.59 Å². The van der Waals surface area contributed by atoms with Gasteiger partial charge in [0.25, 0.3) is 5.91 Å². The fourth-order valence-corrected chi connectivity index (χ4v) is 3.46. The van der Waals surface area contributed by atoms with Crippen LogP contribution in [0.25, 0.3) is 0 Å². The van der Waals surface area contributed by atoms with E-state index in [1.54, 1.807) is 18.2 Å². The second kappa shape index (κ2) is 11.1. The first-order valence-corrected chi connectivity index (χ1v) is 9.91. The highest BCUT2D eigenvalue weighted by Gasteiger charge is 2.26. The molecule has 1 saturated heterocycles. The van der Waals surface area contributed by atoms with Gasteiger partial charge in [-0.05, 0) is 38.8 Å². The molecule has 5 nitrogen and oxygen atoms in total. The van der Waals surface area contributed by atoms with Crippen molar-refractivity contribution < 1.29 is 14.3 Å². The Bertz CT molecular complexity index is 815. The Balaban J connectivity index is 0.00000300. The van der Waals surface area contributed by atoms with Crippen LogP contribution in [0.5, 0.6) is 0 Å². The maximum atomic E-state index is 13.1. The molecule has 0 unspecified atom stereocenters. The Labute approximate surface area is 178 Å². The van der Waals surface area contributed by atoms with Gasteiger partial charge in [-0.1, -0.05) is 48.0 Å². The van der Waals surface area contributed by atoms with Gasteiger partial charge in [-0.2, -0.15) is 0 Å². The van der Waals surface area contributed by atoms with Gasteiger partial charge >= 0.3 is 0 Å². The van der Waals surface area contributed by atoms with E-state index in [2.05, 4.69) is 0 Å². The summed E-state index contributed by atoms with van der Waals surface area (Å²) in [5, 5.41) is 0. The van der Waals surface area contributed by atoms with Crippen LogP contribution in [0.3, 0.4) is 0 Å². The molecule has 0 spiro atoms. The van der Waals surface area contributed by atoms with Crippen LogP contribution in [0.1, 0.15) is 51.1 Å². The van der Waals surface area contributed by atoms with Crippen molar-refractivity contribution in [3.05, 3.63) is 70.8 Å². The summed E-state index contributed by atoms with van der Waals surface area (Å²) in [6, 6.07) is 14.5. The number of ketones is 1. The Hall–Kier alpha value is -2.21. The summed E-state index contributed by atoms with van der Waals surface area (Å²) in [7, 11) is 0. The third-order valence-electron chi connectivity index (χ3n) is 5.15. The number of rotatable bonds is 7. The molecule has 1 amide bonds. The molecule has 1 fully saturated rings. The average Bonchev–Trinajstić information content (AvgIpc) is 2.74. The number of carbonyl (C=O) groups is 2. The summed E-state index contributed by atoms with van der Waals surface area (Å²) in [4.78, 5) is 27.9. The molecule has 0 aromatic heterocycles. The molecule has 6 heteroatoms. The lowest BCUT2D eigenvalue weighted by Crippen LogP contribution is -2.41. The van der Waals surface area contributed by atoms with E-state index in [1.807, 2.05) is 42.2 Å². The first kappa shape index (κ1) is 23.1. The summed E-state index contributed by atoms with van der Waals surface area (Å²) in [5.74, 6) is -0.208.